The maximum absolute atomic E-state index is 9.08. The molecule has 1 atom stereocenters. The van der Waals surface area contributed by atoms with E-state index >= 15 is 0 Å². The Kier molecular flexibility index (Phi) is 4.12. The number of aliphatic hydroxyl groups is 1. The highest BCUT2D eigenvalue weighted by molar-refractivity contribution is 5.74. The molecule has 1 aromatic carbocycles. The number of aliphatic hydroxyl groups excluding tert-OH is 1. The molecule has 0 radical (unpaired) electrons. The van der Waals surface area contributed by atoms with Crippen LogP contribution in [-0.2, 0) is 6.54 Å². The van der Waals surface area contributed by atoms with Gasteiger partial charge in [0.05, 0.1) is 17.4 Å². The second-order valence-corrected chi connectivity index (χ2v) is 4.34. The molecule has 0 aliphatic carbocycles. The molecule has 1 aromatic heterocycles. The standard InChI is InChI=1S/C13H19N3O/c1-2-10(8-17)6-14-7-11-3-4-12-13(5-11)16-9-15-12/h3-5,9-10,14,17H,2,6-8H2,1H3,(H,15,16). The van der Waals surface area contributed by atoms with Gasteiger partial charge in [-0.2, -0.15) is 0 Å². The normalized spacial score (nSPS) is 13.1. The molecule has 3 N–H and O–H groups in total. The molecule has 1 unspecified atom stereocenters. The van der Waals surface area contributed by atoms with Crippen LogP contribution >= 0.6 is 0 Å². The highest BCUT2D eigenvalue weighted by Gasteiger charge is 2.04. The molecule has 0 amide bonds. The Balaban J connectivity index is 1.90. The summed E-state index contributed by atoms with van der Waals surface area (Å²) >= 11 is 0. The summed E-state index contributed by atoms with van der Waals surface area (Å²) in [5.41, 5.74) is 3.29. The number of nitrogens with zero attached hydrogens (tertiary/aromatic N) is 1. The van der Waals surface area contributed by atoms with Gasteiger partial charge in [0.15, 0.2) is 0 Å². The third-order valence-corrected chi connectivity index (χ3v) is 3.08. The van der Waals surface area contributed by atoms with Crippen molar-refractivity contribution in [2.45, 2.75) is 19.9 Å². The first-order chi connectivity index (χ1) is 8.33. The molecule has 4 heteroatoms. The van der Waals surface area contributed by atoms with E-state index < -0.39 is 0 Å². The lowest BCUT2D eigenvalue weighted by atomic mass is 10.1. The van der Waals surface area contributed by atoms with Gasteiger partial charge in [-0.05, 0) is 30.0 Å². The van der Waals surface area contributed by atoms with Gasteiger partial charge in [-0.25, -0.2) is 4.98 Å². The van der Waals surface area contributed by atoms with E-state index in [-0.39, 0.29) is 6.61 Å². The van der Waals surface area contributed by atoms with Crippen molar-refractivity contribution in [2.75, 3.05) is 13.2 Å². The van der Waals surface area contributed by atoms with Gasteiger partial charge in [0, 0.05) is 19.7 Å². The van der Waals surface area contributed by atoms with Crippen LogP contribution in [0, 0.1) is 5.92 Å². The fraction of sp³-hybridized carbons (Fsp3) is 0.462. The minimum Gasteiger partial charge on any atom is -0.396 e. The zero-order valence-electron chi connectivity index (χ0n) is 10.1. The quantitative estimate of drug-likeness (QED) is 0.711. The number of hydrogen-bond acceptors (Lipinski definition) is 3. The molecular formula is C13H19N3O. The molecule has 2 aromatic rings. The van der Waals surface area contributed by atoms with E-state index in [0.29, 0.717) is 5.92 Å². The molecule has 0 spiro atoms. The first-order valence-corrected chi connectivity index (χ1v) is 6.07. The number of aromatic nitrogens is 2. The largest absolute Gasteiger partial charge is 0.396 e. The molecule has 4 nitrogen and oxygen atoms in total. The molecule has 0 aliphatic rings. The maximum Gasteiger partial charge on any atom is 0.0931 e. The summed E-state index contributed by atoms with van der Waals surface area (Å²) < 4.78 is 0. The van der Waals surface area contributed by atoms with Gasteiger partial charge in [-0.1, -0.05) is 13.0 Å². The lowest BCUT2D eigenvalue weighted by molar-refractivity contribution is 0.218. The topological polar surface area (TPSA) is 60.9 Å². The van der Waals surface area contributed by atoms with E-state index in [2.05, 4.69) is 34.3 Å². The summed E-state index contributed by atoms with van der Waals surface area (Å²) in [6.07, 6.45) is 2.71. The minimum atomic E-state index is 0.253. The number of hydrogen-bond donors (Lipinski definition) is 3. The van der Waals surface area contributed by atoms with Crippen LogP contribution in [0.5, 0.6) is 0 Å². The summed E-state index contributed by atoms with van der Waals surface area (Å²) in [5.74, 6) is 0.353. The fourth-order valence-corrected chi connectivity index (χ4v) is 1.85. The van der Waals surface area contributed by atoms with Crippen LogP contribution in [0.25, 0.3) is 11.0 Å². The second kappa shape index (κ2) is 5.80. The first kappa shape index (κ1) is 12.1. The molecule has 0 saturated heterocycles. The van der Waals surface area contributed by atoms with Crippen LogP contribution in [0.4, 0.5) is 0 Å². The van der Waals surface area contributed by atoms with Crippen molar-refractivity contribution < 1.29 is 5.11 Å². The SMILES string of the molecule is CCC(CO)CNCc1ccc2nc[nH]c2c1. The Morgan fingerprint density at radius 3 is 3.12 bits per heavy atom. The van der Waals surface area contributed by atoms with E-state index in [1.54, 1.807) is 6.33 Å². The second-order valence-electron chi connectivity index (χ2n) is 4.34. The Labute approximate surface area is 101 Å². The number of rotatable bonds is 6. The predicted octanol–water partition coefficient (Wildman–Crippen LogP) is 1.67. The highest BCUT2D eigenvalue weighted by Crippen LogP contribution is 2.11. The van der Waals surface area contributed by atoms with Crippen LogP contribution in [-0.4, -0.2) is 28.2 Å². The average molecular weight is 233 g/mol. The van der Waals surface area contributed by atoms with Crippen molar-refractivity contribution in [3.8, 4) is 0 Å². The summed E-state index contributed by atoms with van der Waals surface area (Å²) in [4.78, 5) is 7.29. The van der Waals surface area contributed by atoms with Crippen LogP contribution in [0.2, 0.25) is 0 Å². The van der Waals surface area contributed by atoms with Gasteiger partial charge in [-0.15, -0.1) is 0 Å². The van der Waals surface area contributed by atoms with Gasteiger partial charge in [0.1, 0.15) is 0 Å². The number of imidazole rings is 1. The molecular weight excluding hydrogens is 214 g/mol. The molecule has 92 valence electrons. The lowest BCUT2D eigenvalue weighted by Crippen LogP contribution is -2.24. The number of benzene rings is 1. The van der Waals surface area contributed by atoms with Gasteiger partial charge in [0.25, 0.3) is 0 Å². The molecule has 17 heavy (non-hydrogen) atoms. The third kappa shape index (κ3) is 3.05. The predicted molar refractivity (Wildman–Crippen MR) is 68.7 cm³/mol. The van der Waals surface area contributed by atoms with E-state index in [1.165, 1.54) is 5.56 Å². The van der Waals surface area contributed by atoms with Gasteiger partial charge < -0.3 is 15.4 Å². The van der Waals surface area contributed by atoms with Gasteiger partial charge in [-0.3, -0.25) is 0 Å². The minimum absolute atomic E-state index is 0.253. The van der Waals surface area contributed by atoms with E-state index in [9.17, 15) is 0 Å². The molecule has 1 heterocycles. The van der Waals surface area contributed by atoms with Crippen LogP contribution in [0.3, 0.4) is 0 Å². The number of H-pyrrole nitrogens is 1. The fourth-order valence-electron chi connectivity index (χ4n) is 1.85. The van der Waals surface area contributed by atoms with Crippen molar-refractivity contribution in [1.29, 1.82) is 0 Å². The molecule has 0 bridgehead atoms. The van der Waals surface area contributed by atoms with Crippen molar-refractivity contribution in [2.24, 2.45) is 5.92 Å². The summed E-state index contributed by atoms with van der Waals surface area (Å²) in [6.45, 7) is 4.03. The van der Waals surface area contributed by atoms with Crippen LogP contribution in [0.1, 0.15) is 18.9 Å². The molecule has 0 fully saturated rings. The number of fused-ring (bicyclic) bond motifs is 1. The van der Waals surface area contributed by atoms with Crippen molar-refractivity contribution in [1.82, 2.24) is 15.3 Å². The Morgan fingerprint density at radius 1 is 1.47 bits per heavy atom. The Hall–Kier alpha value is -1.39. The van der Waals surface area contributed by atoms with Crippen molar-refractivity contribution >= 4 is 11.0 Å². The maximum atomic E-state index is 9.08. The zero-order chi connectivity index (χ0) is 12.1. The molecule has 0 saturated carbocycles. The van der Waals surface area contributed by atoms with Crippen molar-refractivity contribution in [3.05, 3.63) is 30.1 Å². The smallest absolute Gasteiger partial charge is 0.0931 e. The van der Waals surface area contributed by atoms with Crippen molar-refractivity contribution in [3.63, 3.8) is 0 Å². The summed E-state index contributed by atoms with van der Waals surface area (Å²) in [7, 11) is 0. The monoisotopic (exact) mass is 233 g/mol. The van der Waals surface area contributed by atoms with E-state index in [1.807, 2.05) is 6.07 Å². The first-order valence-electron chi connectivity index (χ1n) is 6.07. The van der Waals surface area contributed by atoms with E-state index in [4.69, 9.17) is 5.11 Å². The molecule has 0 aliphatic heterocycles. The lowest BCUT2D eigenvalue weighted by Gasteiger charge is -2.12. The third-order valence-electron chi connectivity index (χ3n) is 3.08. The summed E-state index contributed by atoms with van der Waals surface area (Å²) in [5, 5.41) is 12.4. The number of nitrogens with one attached hydrogen (secondary N) is 2. The Bertz CT molecular complexity index is 462. The number of aromatic amines is 1. The molecule has 2 rings (SSSR count). The Morgan fingerprint density at radius 2 is 2.35 bits per heavy atom. The average Bonchev–Trinajstić information content (AvgIpc) is 2.82. The van der Waals surface area contributed by atoms with Gasteiger partial charge >= 0.3 is 0 Å². The highest BCUT2D eigenvalue weighted by atomic mass is 16.3. The van der Waals surface area contributed by atoms with Crippen LogP contribution in [0.15, 0.2) is 24.5 Å². The summed E-state index contributed by atoms with van der Waals surface area (Å²) in [6, 6.07) is 6.21. The van der Waals surface area contributed by atoms with Gasteiger partial charge in [0.2, 0.25) is 0 Å². The van der Waals surface area contributed by atoms with Crippen LogP contribution < -0.4 is 5.32 Å². The van der Waals surface area contributed by atoms with E-state index in [0.717, 1.165) is 30.5 Å². The zero-order valence-corrected chi connectivity index (χ0v) is 10.1.